The molecule has 5 heteroatoms. The summed E-state index contributed by atoms with van der Waals surface area (Å²) in [6.45, 7) is 31.2. The highest BCUT2D eigenvalue weighted by molar-refractivity contribution is 5.78. The highest BCUT2D eigenvalue weighted by Crippen LogP contribution is 2.47. The zero-order valence-corrected chi connectivity index (χ0v) is 38.2. The van der Waals surface area contributed by atoms with E-state index in [1.807, 2.05) is 106 Å². The summed E-state index contributed by atoms with van der Waals surface area (Å²) in [5.74, 6) is 1.80. The van der Waals surface area contributed by atoms with E-state index in [1.165, 1.54) is 72.8 Å². The van der Waals surface area contributed by atoms with Crippen LogP contribution in [-0.2, 0) is 30.5 Å². The Morgan fingerprint density at radius 1 is 0.618 bits per heavy atom. The molecule has 3 aromatic carbocycles. The summed E-state index contributed by atoms with van der Waals surface area (Å²) in [6.07, 6.45) is 11.4. The molecule has 0 amide bonds. The van der Waals surface area contributed by atoms with Gasteiger partial charge in [-0.25, -0.2) is 0 Å². The molecule has 0 heterocycles. The number of aldehydes is 2. The van der Waals surface area contributed by atoms with Crippen molar-refractivity contribution in [2.75, 3.05) is 7.11 Å². The third-order valence-electron chi connectivity index (χ3n) is 7.60. The Balaban J connectivity index is -0.000000302. The molecule has 0 aliphatic heterocycles. The third-order valence-corrected chi connectivity index (χ3v) is 7.60. The van der Waals surface area contributed by atoms with E-state index in [9.17, 15) is 14.4 Å². The summed E-state index contributed by atoms with van der Waals surface area (Å²) in [5, 5.41) is 0. The first-order valence-corrected chi connectivity index (χ1v) is 21.0. The molecule has 0 bridgehead atoms. The lowest BCUT2D eigenvalue weighted by Gasteiger charge is -2.17. The predicted octanol–water partition coefficient (Wildman–Crippen LogP) is 14.7. The molecule has 1 aliphatic rings. The fraction of sp³-hybridized carbons (Fsp3) is 0.580. The third kappa shape index (κ3) is 33.5. The first-order chi connectivity index (χ1) is 26.3. The number of hydrogen-bond acceptors (Lipinski definition) is 5. The normalized spacial score (nSPS) is 10.9. The smallest absolute Gasteiger partial charge is 0.293 e. The molecule has 5 nitrogen and oxygen atoms in total. The molecule has 0 radical (unpaired) electrons. The van der Waals surface area contributed by atoms with Gasteiger partial charge in [0.1, 0.15) is 18.2 Å². The molecule has 1 unspecified atom stereocenters. The molecule has 0 saturated carbocycles. The molecule has 3 aromatic rings. The van der Waals surface area contributed by atoms with Crippen LogP contribution in [0, 0.1) is 17.8 Å². The largest absolute Gasteiger partial charge is 0.462 e. The number of hydrogen-bond donors (Lipinski definition) is 0. The van der Waals surface area contributed by atoms with Gasteiger partial charge < -0.3 is 19.1 Å². The number of unbranched alkanes of at least 4 members (excludes halogenated alkanes) is 4. The lowest BCUT2D eigenvalue weighted by Crippen LogP contribution is -2.17. The minimum Gasteiger partial charge on any atom is -0.462 e. The second kappa shape index (κ2) is 40.1. The van der Waals surface area contributed by atoms with E-state index in [2.05, 4.69) is 81.0 Å². The topological polar surface area (TPSA) is 69.7 Å². The Morgan fingerprint density at radius 3 is 1.29 bits per heavy atom. The van der Waals surface area contributed by atoms with Crippen molar-refractivity contribution in [3.05, 3.63) is 95.6 Å². The van der Waals surface area contributed by atoms with Gasteiger partial charge in [0.05, 0.1) is 6.61 Å². The highest BCUT2D eigenvalue weighted by atomic mass is 16.5. The molecule has 4 rings (SSSR count). The van der Waals surface area contributed by atoms with Crippen LogP contribution in [0.4, 0.5) is 0 Å². The Kier molecular flexibility index (Phi) is 42.4. The van der Waals surface area contributed by atoms with E-state index in [0.29, 0.717) is 19.0 Å². The Hall–Kier alpha value is -3.57. The van der Waals surface area contributed by atoms with Gasteiger partial charge in [-0.05, 0) is 60.9 Å². The maximum Gasteiger partial charge on any atom is 0.293 e. The molecule has 0 fully saturated rings. The van der Waals surface area contributed by atoms with E-state index in [0.717, 1.165) is 18.5 Å². The maximum absolute atomic E-state index is 9.60. The Bertz CT molecular complexity index is 1200. The van der Waals surface area contributed by atoms with Crippen LogP contribution in [0.25, 0.3) is 11.1 Å². The van der Waals surface area contributed by atoms with Crippen molar-refractivity contribution in [3.8, 4) is 11.1 Å². The van der Waals surface area contributed by atoms with E-state index >= 15 is 0 Å². The van der Waals surface area contributed by atoms with Gasteiger partial charge in [-0.15, -0.1) is 0 Å². The second-order valence-corrected chi connectivity index (χ2v) is 14.5. The van der Waals surface area contributed by atoms with Crippen molar-refractivity contribution in [1.82, 2.24) is 0 Å². The highest BCUT2D eigenvalue weighted by Gasteiger charge is 2.28. The fourth-order valence-corrected chi connectivity index (χ4v) is 4.64. The van der Waals surface area contributed by atoms with Gasteiger partial charge in [-0.3, -0.25) is 4.79 Å². The Morgan fingerprint density at radius 2 is 1.00 bits per heavy atom. The predicted molar refractivity (Wildman–Crippen MR) is 241 cm³/mol. The molecule has 1 atom stereocenters. The summed E-state index contributed by atoms with van der Waals surface area (Å²) in [5.41, 5.74) is 6.85. The molecule has 314 valence electrons. The van der Waals surface area contributed by atoms with Crippen molar-refractivity contribution < 1.29 is 23.9 Å². The number of methoxy groups -OCH3 is 1. The molecular formula is C50H84O5. The van der Waals surface area contributed by atoms with Gasteiger partial charge in [0.15, 0.2) is 0 Å². The first kappa shape index (κ1) is 58.1. The molecular weight excluding hydrogens is 681 g/mol. The number of fused-ring (bicyclic) bond motifs is 3. The van der Waals surface area contributed by atoms with Crippen LogP contribution < -0.4 is 0 Å². The van der Waals surface area contributed by atoms with Gasteiger partial charge in [0.2, 0.25) is 0 Å². The maximum atomic E-state index is 9.60. The molecule has 55 heavy (non-hydrogen) atoms. The molecule has 1 aliphatic carbocycles. The molecule has 0 N–H and O–H groups in total. The fourth-order valence-electron chi connectivity index (χ4n) is 4.64. The Labute approximate surface area is 340 Å². The molecule has 0 aromatic heterocycles. The van der Waals surface area contributed by atoms with Crippen molar-refractivity contribution in [1.29, 1.82) is 0 Å². The van der Waals surface area contributed by atoms with Crippen molar-refractivity contribution in [2.45, 2.75) is 167 Å². The van der Waals surface area contributed by atoms with E-state index in [4.69, 9.17) is 4.74 Å². The van der Waals surface area contributed by atoms with Crippen LogP contribution >= 0.6 is 0 Å². The number of benzene rings is 3. The minimum atomic E-state index is -0.318. The average molecular weight is 765 g/mol. The standard InChI is InChI=1S/C18H20.C8H10O.C7H16.C5H10O2.2C4H8O.2C2H6/c1-3-13(2)12-18-16-10-6-4-8-14(16)15-9-5-7-11-17(15)18;1-9-7-8-5-3-2-4-6-8;1-3-5-7-6-4-2;1-5(2,3)7-4-6;2*1-4(2)3-5;2*1-2/h4-11,13,18H,3,12H2,1-2H3;2-6H,7H2,1H3;3-7H2,1-2H3;4H,1-3H3;2*3-4H,1-2H3;2*1-2H3. The van der Waals surface area contributed by atoms with Gasteiger partial charge >= 0.3 is 0 Å². The number of carbonyl (C=O) groups excluding carboxylic acids is 3. The zero-order valence-electron chi connectivity index (χ0n) is 38.2. The monoisotopic (exact) mass is 765 g/mol. The summed E-state index contributed by atoms with van der Waals surface area (Å²) in [7, 11) is 1.70. The summed E-state index contributed by atoms with van der Waals surface area (Å²) < 4.78 is 9.48. The van der Waals surface area contributed by atoms with Crippen LogP contribution in [0.3, 0.4) is 0 Å². The van der Waals surface area contributed by atoms with Crippen LogP contribution in [0.15, 0.2) is 78.9 Å². The second-order valence-electron chi connectivity index (χ2n) is 14.5. The van der Waals surface area contributed by atoms with Gasteiger partial charge in [-0.2, -0.15) is 0 Å². The van der Waals surface area contributed by atoms with Gasteiger partial charge in [0.25, 0.3) is 6.47 Å². The van der Waals surface area contributed by atoms with E-state index < -0.39 is 0 Å². The van der Waals surface area contributed by atoms with E-state index in [-0.39, 0.29) is 17.4 Å². The summed E-state index contributed by atoms with van der Waals surface area (Å²) in [4.78, 5) is 28.6. The first-order valence-electron chi connectivity index (χ1n) is 21.0. The van der Waals surface area contributed by atoms with Crippen molar-refractivity contribution in [3.63, 3.8) is 0 Å². The average Bonchev–Trinajstić information content (AvgIpc) is 3.51. The quantitative estimate of drug-likeness (QED) is 0.136. The summed E-state index contributed by atoms with van der Waals surface area (Å²) in [6, 6.07) is 27.9. The lowest BCUT2D eigenvalue weighted by molar-refractivity contribution is -0.138. The SMILES string of the molecule is CC.CC.CC(C)(C)OC=O.CC(C)C=O.CC(C)C=O.CCC(C)CC1c2ccccc2-c2ccccc21.CCCCCCC.COCc1ccccc1. The van der Waals surface area contributed by atoms with Gasteiger partial charge in [0, 0.05) is 24.9 Å². The van der Waals surface area contributed by atoms with Gasteiger partial charge in [-0.1, -0.05) is 200 Å². The molecule has 0 spiro atoms. The van der Waals surface area contributed by atoms with Crippen molar-refractivity contribution in [2.24, 2.45) is 17.8 Å². The van der Waals surface area contributed by atoms with Crippen LogP contribution in [0.5, 0.6) is 0 Å². The number of carbonyl (C=O) groups is 3. The number of ether oxygens (including phenoxy) is 2. The van der Waals surface area contributed by atoms with Crippen LogP contribution in [-0.4, -0.2) is 31.8 Å². The minimum absolute atomic E-state index is 0.204. The summed E-state index contributed by atoms with van der Waals surface area (Å²) >= 11 is 0. The number of rotatable bonds is 12. The zero-order chi connectivity index (χ0) is 43.1. The van der Waals surface area contributed by atoms with Crippen molar-refractivity contribution >= 4 is 19.0 Å². The lowest BCUT2D eigenvalue weighted by atomic mass is 9.87. The van der Waals surface area contributed by atoms with Crippen LogP contribution in [0.1, 0.15) is 171 Å². The van der Waals surface area contributed by atoms with E-state index in [1.54, 1.807) is 7.11 Å². The molecule has 0 saturated heterocycles. The van der Waals surface area contributed by atoms with Crippen LogP contribution in [0.2, 0.25) is 0 Å².